The number of carbonyl (C=O) groups excluding carboxylic acids is 2. The fourth-order valence-electron chi connectivity index (χ4n) is 4.80. The third-order valence-corrected chi connectivity index (χ3v) is 6.56. The smallest absolute Gasteiger partial charge is 0.338 e. The maximum absolute atomic E-state index is 12.6. The highest BCUT2D eigenvalue weighted by atomic mass is 16.5. The van der Waals surface area contributed by atoms with Crippen molar-refractivity contribution in [3.05, 3.63) is 58.7 Å². The third-order valence-electron chi connectivity index (χ3n) is 6.56. The van der Waals surface area contributed by atoms with E-state index in [1.165, 1.54) is 0 Å². The van der Waals surface area contributed by atoms with E-state index in [2.05, 4.69) is 0 Å². The van der Waals surface area contributed by atoms with Gasteiger partial charge in [0.2, 0.25) is 0 Å². The minimum atomic E-state index is -0.258. The highest BCUT2D eigenvalue weighted by Crippen LogP contribution is 2.33. The van der Waals surface area contributed by atoms with Crippen molar-refractivity contribution in [2.45, 2.75) is 38.8 Å². The van der Waals surface area contributed by atoms with Gasteiger partial charge in [-0.1, -0.05) is 6.07 Å². The molecule has 2 aromatic rings. The number of rotatable bonds is 5. The molecule has 0 radical (unpaired) electrons. The molecule has 2 aliphatic heterocycles. The van der Waals surface area contributed by atoms with Crippen LogP contribution in [-0.2, 0) is 17.9 Å². The van der Waals surface area contributed by atoms with Gasteiger partial charge in [-0.25, -0.2) is 4.79 Å². The molecule has 0 atom stereocenters. The summed E-state index contributed by atoms with van der Waals surface area (Å²) >= 11 is 0. The van der Waals surface area contributed by atoms with E-state index in [0.29, 0.717) is 42.7 Å². The van der Waals surface area contributed by atoms with Gasteiger partial charge in [-0.05, 0) is 73.4 Å². The van der Waals surface area contributed by atoms with E-state index in [1.54, 1.807) is 18.2 Å². The van der Waals surface area contributed by atoms with Gasteiger partial charge in [0.1, 0.15) is 18.1 Å². The van der Waals surface area contributed by atoms with Gasteiger partial charge in [0.05, 0.1) is 12.2 Å². The van der Waals surface area contributed by atoms with Crippen molar-refractivity contribution in [1.29, 1.82) is 0 Å². The van der Waals surface area contributed by atoms with Crippen molar-refractivity contribution in [3.8, 4) is 11.5 Å². The minimum Gasteiger partial charge on any atom is -0.508 e. The van der Waals surface area contributed by atoms with Crippen LogP contribution in [-0.4, -0.2) is 35.0 Å². The maximum Gasteiger partial charge on any atom is 0.338 e. The normalized spacial score (nSPS) is 22.6. The molecular formula is C24H25NO5. The van der Waals surface area contributed by atoms with E-state index < -0.39 is 0 Å². The first kappa shape index (κ1) is 19.0. The van der Waals surface area contributed by atoms with Crippen LogP contribution in [0.15, 0.2) is 36.4 Å². The Morgan fingerprint density at radius 3 is 2.60 bits per heavy atom. The van der Waals surface area contributed by atoms with Crippen molar-refractivity contribution in [2.24, 2.45) is 11.8 Å². The number of aromatic hydroxyl groups is 1. The fraction of sp³-hybridized carbons (Fsp3) is 0.417. The lowest BCUT2D eigenvalue weighted by molar-refractivity contribution is 0.0534. The molecule has 0 saturated heterocycles. The number of carbonyl (C=O) groups is 2. The van der Waals surface area contributed by atoms with E-state index in [0.717, 1.165) is 49.1 Å². The Kier molecular flexibility index (Phi) is 4.85. The molecule has 6 nitrogen and oxygen atoms in total. The number of nitrogens with zero attached hydrogens (tertiary/aromatic N) is 1. The number of amides is 1. The van der Waals surface area contributed by atoms with E-state index >= 15 is 0 Å². The van der Waals surface area contributed by atoms with Gasteiger partial charge in [-0.15, -0.1) is 0 Å². The average molecular weight is 407 g/mol. The predicted molar refractivity (Wildman–Crippen MR) is 109 cm³/mol. The summed E-state index contributed by atoms with van der Waals surface area (Å²) in [5, 5.41) is 9.64. The Morgan fingerprint density at radius 2 is 1.77 bits per heavy atom. The van der Waals surface area contributed by atoms with Gasteiger partial charge in [0.25, 0.3) is 5.91 Å². The van der Waals surface area contributed by atoms with Crippen LogP contribution in [0.1, 0.15) is 57.5 Å². The average Bonchev–Trinajstić information content (AvgIpc) is 3.27. The molecule has 2 aromatic carbocycles. The SMILES string of the molecule is O=C1OCc2cc(OC[C@H]3CC[C@H](CN4Cc5ccc(O)cc5C4=O)CC3)ccc21. The molecule has 156 valence electrons. The van der Waals surface area contributed by atoms with E-state index in [-0.39, 0.29) is 17.6 Å². The van der Waals surface area contributed by atoms with E-state index in [1.807, 2.05) is 23.1 Å². The summed E-state index contributed by atoms with van der Waals surface area (Å²) in [6.07, 6.45) is 4.36. The van der Waals surface area contributed by atoms with E-state index in [9.17, 15) is 14.7 Å². The largest absolute Gasteiger partial charge is 0.508 e. The first-order valence-corrected chi connectivity index (χ1v) is 10.6. The quantitative estimate of drug-likeness (QED) is 0.761. The van der Waals surface area contributed by atoms with Gasteiger partial charge in [0, 0.05) is 24.2 Å². The van der Waals surface area contributed by atoms with Gasteiger partial charge < -0.3 is 19.5 Å². The maximum atomic E-state index is 12.6. The number of hydrogen-bond donors (Lipinski definition) is 1. The molecule has 0 unspecified atom stereocenters. The number of hydrogen-bond acceptors (Lipinski definition) is 5. The van der Waals surface area contributed by atoms with Crippen LogP contribution < -0.4 is 4.74 Å². The summed E-state index contributed by atoms with van der Waals surface area (Å²) < 4.78 is 11.0. The predicted octanol–water partition coefficient (Wildman–Crippen LogP) is 3.90. The van der Waals surface area contributed by atoms with Gasteiger partial charge in [-0.3, -0.25) is 4.79 Å². The highest BCUT2D eigenvalue weighted by molar-refractivity contribution is 5.98. The third kappa shape index (κ3) is 3.62. The van der Waals surface area contributed by atoms with Gasteiger partial charge in [-0.2, -0.15) is 0 Å². The molecule has 1 N–H and O–H groups in total. The summed E-state index contributed by atoms with van der Waals surface area (Å²) in [6, 6.07) is 10.6. The molecule has 0 bridgehead atoms. The number of phenolic OH excluding ortho intramolecular Hbond substituents is 1. The number of phenols is 1. The topological polar surface area (TPSA) is 76.1 Å². The summed E-state index contributed by atoms with van der Waals surface area (Å²) in [7, 11) is 0. The zero-order valence-electron chi connectivity index (χ0n) is 16.8. The second-order valence-electron chi connectivity index (χ2n) is 8.62. The molecular weight excluding hydrogens is 382 g/mol. The van der Waals surface area contributed by atoms with Crippen LogP contribution in [0.4, 0.5) is 0 Å². The zero-order valence-corrected chi connectivity index (χ0v) is 16.8. The molecule has 6 heteroatoms. The monoisotopic (exact) mass is 407 g/mol. The van der Waals surface area contributed by atoms with Crippen LogP contribution in [0.2, 0.25) is 0 Å². The van der Waals surface area contributed by atoms with Crippen molar-refractivity contribution in [3.63, 3.8) is 0 Å². The lowest BCUT2D eigenvalue weighted by atomic mass is 9.82. The lowest BCUT2D eigenvalue weighted by Gasteiger charge is -2.31. The molecule has 1 saturated carbocycles. The van der Waals surface area contributed by atoms with E-state index in [4.69, 9.17) is 9.47 Å². The van der Waals surface area contributed by atoms with Crippen LogP contribution in [0.3, 0.4) is 0 Å². The molecule has 2 heterocycles. The second-order valence-corrected chi connectivity index (χ2v) is 8.62. The highest BCUT2D eigenvalue weighted by Gasteiger charge is 2.31. The first-order valence-electron chi connectivity index (χ1n) is 10.6. The zero-order chi connectivity index (χ0) is 20.7. The standard InChI is InChI=1S/C24H25NO5/c26-19-6-5-17-12-25(23(27)22(17)10-19)11-15-1-3-16(4-2-15)13-29-20-7-8-21-18(9-20)14-30-24(21)28/h5-10,15-16,26H,1-4,11-14H2/t15-,16-. The molecule has 5 rings (SSSR count). The molecule has 0 aromatic heterocycles. The number of cyclic esters (lactones) is 1. The number of esters is 1. The van der Waals surface area contributed by atoms with Crippen molar-refractivity contribution < 1.29 is 24.2 Å². The molecule has 1 fully saturated rings. The van der Waals surface area contributed by atoms with Crippen molar-refractivity contribution >= 4 is 11.9 Å². The minimum absolute atomic E-state index is 0.0328. The Hall–Kier alpha value is -3.02. The summed E-state index contributed by atoms with van der Waals surface area (Å²) in [5.74, 6) is 1.73. The van der Waals surface area contributed by atoms with Gasteiger partial charge >= 0.3 is 5.97 Å². The Morgan fingerprint density at radius 1 is 0.967 bits per heavy atom. The summed E-state index contributed by atoms with van der Waals surface area (Å²) in [6.45, 7) is 2.42. The number of ether oxygens (including phenoxy) is 2. The Bertz CT molecular complexity index is 993. The fourth-order valence-corrected chi connectivity index (χ4v) is 4.80. The Balaban J connectivity index is 1.10. The van der Waals surface area contributed by atoms with Crippen LogP contribution in [0.25, 0.3) is 0 Å². The molecule has 3 aliphatic rings. The molecule has 0 spiro atoms. The van der Waals surface area contributed by atoms with Crippen LogP contribution in [0.5, 0.6) is 11.5 Å². The number of benzene rings is 2. The summed E-state index contributed by atoms with van der Waals surface area (Å²) in [5.41, 5.74) is 3.17. The van der Waals surface area contributed by atoms with Crippen molar-refractivity contribution in [2.75, 3.05) is 13.2 Å². The molecule has 1 aliphatic carbocycles. The van der Waals surface area contributed by atoms with Crippen LogP contribution >= 0.6 is 0 Å². The molecule has 30 heavy (non-hydrogen) atoms. The lowest BCUT2D eigenvalue weighted by Crippen LogP contribution is -2.32. The van der Waals surface area contributed by atoms with Crippen molar-refractivity contribution in [1.82, 2.24) is 4.90 Å². The number of fused-ring (bicyclic) bond motifs is 2. The Labute approximate surface area is 175 Å². The molecule has 1 amide bonds. The van der Waals surface area contributed by atoms with Gasteiger partial charge in [0.15, 0.2) is 0 Å². The summed E-state index contributed by atoms with van der Waals surface area (Å²) in [4.78, 5) is 26.1. The second kappa shape index (κ2) is 7.67. The van der Waals surface area contributed by atoms with Crippen LogP contribution in [0, 0.1) is 11.8 Å². The first-order chi connectivity index (χ1) is 14.6.